The third-order valence-corrected chi connectivity index (χ3v) is 5.90. The van der Waals surface area contributed by atoms with Gasteiger partial charge >= 0.3 is 16.7 Å². The van der Waals surface area contributed by atoms with E-state index < -0.39 is 11.8 Å². The second-order valence-electron chi connectivity index (χ2n) is 7.05. The lowest BCUT2D eigenvalue weighted by molar-refractivity contribution is -0.143. The van der Waals surface area contributed by atoms with E-state index in [9.17, 15) is 14.4 Å². The number of rotatable bonds is 3. The minimum absolute atomic E-state index is 0.156. The van der Waals surface area contributed by atoms with Crippen molar-refractivity contribution in [3.05, 3.63) is 63.3 Å². The summed E-state index contributed by atoms with van der Waals surface area (Å²) < 4.78 is 5.90. The van der Waals surface area contributed by atoms with Crippen molar-refractivity contribution < 1.29 is 14.3 Å². The second-order valence-corrected chi connectivity index (χ2v) is 8.06. The molecule has 2 N–H and O–H groups in total. The Kier molecular flexibility index (Phi) is 5.67. The molecule has 1 aliphatic heterocycles. The SMILES string of the molecule is COc1ccc(C=C2CCN(C(=O)C(=O)Nc3ccc4[nH]c(=O)sc4c3)CC2)cc1. The zero-order valence-electron chi connectivity index (χ0n) is 16.4. The van der Waals surface area contributed by atoms with Crippen molar-refractivity contribution in [3.8, 4) is 5.75 Å². The average molecular weight is 423 g/mol. The summed E-state index contributed by atoms with van der Waals surface area (Å²) in [5.74, 6) is -0.394. The number of amides is 2. The number of anilines is 1. The predicted octanol–water partition coefficient (Wildman–Crippen LogP) is 3.24. The molecule has 8 heteroatoms. The molecule has 0 spiro atoms. The number of benzene rings is 2. The van der Waals surface area contributed by atoms with E-state index in [1.165, 1.54) is 5.57 Å². The Morgan fingerprint density at radius 1 is 1.13 bits per heavy atom. The first kappa shape index (κ1) is 19.9. The van der Waals surface area contributed by atoms with E-state index in [1.54, 1.807) is 30.2 Å². The number of aromatic amines is 1. The number of carbonyl (C=O) groups is 2. The number of carbonyl (C=O) groups excluding carboxylic acids is 2. The van der Waals surface area contributed by atoms with Crippen LogP contribution in [0.2, 0.25) is 0 Å². The van der Waals surface area contributed by atoms with Gasteiger partial charge in [-0.25, -0.2) is 0 Å². The molecule has 2 heterocycles. The summed E-state index contributed by atoms with van der Waals surface area (Å²) in [4.78, 5) is 40.5. The summed E-state index contributed by atoms with van der Waals surface area (Å²) in [6.45, 7) is 1.01. The Balaban J connectivity index is 1.35. The number of thiazole rings is 1. The van der Waals surface area contributed by atoms with Crippen molar-refractivity contribution in [1.82, 2.24) is 9.88 Å². The van der Waals surface area contributed by atoms with Gasteiger partial charge in [0.15, 0.2) is 0 Å². The molecule has 2 aromatic carbocycles. The Morgan fingerprint density at radius 2 is 1.87 bits per heavy atom. The molecule has 30 heavy (non-hydrogen) atoms. The third-order valence-electron chi connectivity index (χ3n) is 5.05. The largest absolute Gasteiger partial charge is 0.497 e. The van der Waals surface area contributed by atoms with Crippen LogP contribution >= 0.6 is 11.3 Å². The van der Waals surface area contributed by atoms with Gasteiger partial charge in [-0.3, -0.25) is 14.4 Å². The number of piperidine rings is 1. The molecule has 2 amide bonds. The molecule has 1 aromatic heterocycles. The van der Waals surface area contributed by atoms with Crippen molar-refractivity contribution >= 4 is 45.1 Å². The first-order chi connectivity index (χ1) is 14.5. The van der Waals surface area contributed by atoms with Crippen LogP contribution in [0, 0.1) is 0 Å². The number of fused-ring (bicyclic) bond motifs is 1. The molecule has 0 radical (unpaired) electrons. The summed E-state index contributed by atoms with van der Waals surface area (Å²) >= 11 is 1.06. The molecule has 1 saturated heterocycles. The summed E-state index contributed by atoms with van der Waals surface area (Å²) in [6.07, 6.45) is 3.58. The number of nitrogens with zero attached hydrogens (tertiary/aromatic N) is 1. The molecular formula is C22H21N3O4S. The van der Waals surface area contributed by atoms with Crippen LogP contribution in [0.15, 0.2) is 52.8 Å². The Hall–Kier alpha value is -3.39. The zero-order valence-corrected chi connectivity index (χ0v) is 17.3. The van der Waals surface area contributed by atoms with E-state index in [-0.39, 0.29) is 4.87 Å². The van der Waals surface area contributed by atoms with Crippen LogP contribution in [0.4, 0.5) is 5.69 Å². The maximum Gasteiger partial charge on any atom is 0.313 e. The number of methoxy groups -OCH3 is 1. The lowest BCUT2D eigenvalue weighted by Gasteiger charge is -2.28. The van der Waals surface area contributed by atoms with Crippen LogP contribution in [0.5, 0.6) is 5.75 Å². The van der Waals surface area contributed by atoms with Crippen molar-refractivity contribution in [2.24, 2.45) is 0 Å². The molecule has 0 bridgehead atoms. The highest BCUT2D eigenvalue weighted by Crippen LogP contribution is 2.22. The first-order valence-corrected chi connectivity index (χ1v) is 10.4. The summed E-state index contributed by atoms with van der Waals surface area (Å²) in [5, 5.41) is 2.64. The van der Waals surface area contributed by atoms with Crippen LogP contribution in [-0.4, -0.2) is 41.9 Å². The molecular weight excluding hydrogens is 402 g/mol. The monoisotopic (exact) mass is 423 g/mol. The van der Waals surface area contributed by atoms with E-state index in [2.05, 4.69) is 16.4 Å². The molecule has 0 saturated carbocycles. The number of likely N-dealkylation sites (tertiary alicyclic amines) is 1. The summed E-state index contributed by atoms with van der Waals surface area (Å²) in [5.41, 5.74) is 3.54. The van der Waals surface area contributed by atoms with Gasteiger partial charge in [-0.2, -0.15) is 0 Å². The van der Waals surface area contributed by atoms with E-state index in [0.717, 1.165) is 40.2 Å². The number of hydrogen-bond donors (Lipinski definition) is 2. The van der Waals surface area contributed by atoms with Crippen LogP contribution in [0.3, 0.4) is 0 Å². The normalized spacial score (nSPS) is 13.9. The van der Waals surface area contributed by atoms with E-state index in [1.807, 2.05) is 24.3 Å². The lowest BCUT2D eigenvalue weighted by atomic mass is 10.0. The highest BCUT2D eigenvalue weighted by atomic mass is 32.1. The zero-order chi connectivity index (χ0) is 21.1. The van der Waals surface area contributed by atoms with Gasteiger partial charge in [0.1, 0.15) is 5.75 Å². The van der Waals surface area contributed by atoms with Crippen LogP contribution in [-0.2, 0) is 9.59 Å². The summed E-state index contributed by atoms with van der Waals surface area (Å²) in [7, 11) is 1.64. The van der Waals surface area contributed by atoms with Gasteiger partial charge in [0, 0.05) is 18.8 Å². The second kappa shape index (κ2) is 8.54. The fourth-order valence-electron chi connectivity index (χ4n) is 3.43. The van der Waals surface area contributed by atoms with E-state index in [0.29, 0.717) is 24.3 Å². The average Bonchev–Trinajstić information content (AvgIpc) is 3.13. The fraction of sp³-hybridized carbons (Fsp3) is 0.227. The Morgan fingerprint density at radius 3 is 2.57 bits per heavy atom. The number of ether oxygens (including phenoxy) is 1. The van der Waals surface area contributed by atoms with Crippen molar-refractivity contribution in [2.75, 3.05) is 25.5 Å². The van der Waals surface area contributed by atoms with Gasteiger partial charge in [0.25, 0.3) is 0 Å². The molecule has 4 rings (SSSR count). The summed E-state index contributed by atoms with van der Waals surface area (Å²) in [6, 6.07) is 12.9. The van der Waals surface area contributed by atoms with Gasteiger partial charge in [-0.05, 0) is 48.7 Å². The van der Waals surface area contributed by atoms with Gasteiger partial charge in [0.05, 0.1) is 17.3 Å². The van der Waals surface area contributed by atoms with Gasteiger partial charge in [-0.1, -0.05) is 35.1 Å². The topological polar surface area (TPSA) is 91.5 Å². The molecule has 0 atom stereocenters. The lowest BCUT2D eigenvalue weighted by Crippen LogP contribution is -2.42. The highest BCUT2D eigenvalue weighted by molar-refractivity contribution is 7.16. The number of aromatic nitrogens is 1. The molecule has 1 aliphatic rings. The quantitative estimate of drug-likeness (QED) is 0.633. The molecule has 1 fully saturated rings. The third kappa shape index (κ3) is 4.44. The number of nitrogens with one attached hydrogen (secondary N) is 2. The van der Waals surface area contributed by atoms with E-state index >= 15 is 0 Å². The van der Waals surface area contributed by atoms with E-state index in [4.69, 9.17) is 4.74 Å². The van der Waals surface area contributed by atoms with Gasteiger partial charge in [-0.15, -0.1) is 0 Å². The van der Waals surface area contributed by atoms with Crippen molar-refractivity contribution in [1.29, 1.82) is 0 Å². The standard InChI is InChI=1S/C22H21N3O4S/c1-29-17-5-2-14(3-6-17)12-15-8-10-25(11-9-15)21(27)20(26)23-16-4-7-18-19(13-16)30-22(28)24-18/h2-7,12-13H,8-11H2,1H3,(H,23,26)(H,24,28). The van der Waals surface area contributed by atoms with Gasteiger partial charge < -0.3 is 19.9 Å². The smallest absolute Gasteiger partial charge is 0.313 e. The fourth-order valence-corrected chi connectivity index (χ4v) is 4.20. The van der Waals surface area contributed by atoms with Crippen LogP contribution in [0.1, 0.15) is 18.4 Å². The molecule has 0 unspecified atom stereocenters. The van der Waals surface area contributed by atoms with Crippen LogP contribution < -0.4 is 14.9 Å². The maximum atomic E-state index is 12.5. The predicted molar refractivity (Wildman–Crippen MR) is 118 cm³/mol. The Bertz CT molecular complexity index is 1170. The van der Waals surface area contributed by atoms with Crippen molar-refractivity contribution in [3.63, 3.8) is 0 Å². The van der Waals surface area contributed by atoms with Crippen molar-refractivity contribution in [2.45, 2.75) is 12.8 Å². The Labute approximate surface area is 177 Å². The molecule has 7 nitrogen and oxygen atoms in total. The van der Waals surface area contributed by atoms with Gasteiger partial charge in [0.2, 0.25) is 0 Å². The maximum absolute atomic E-state index is 12.5. The minimum atomic E-state index is -0.667. The molecule has 154 valence electrons. The highest BCUT2D eigenvalue weighted by Gasteiger charge is 2.25. The molecule has 3 aromatic rings. The minimum Gasteiger partial charge on any atom is -0.497 e. The van der Waals surface area contributed by atoms with Crippen LogP contribution in [0.25, 0.3) is 16.3 Å². The molecule has 0 aliphatic carbocycles. The first-order valence-electron chi connectivity index (χ1n) is 9.58. The number of hydrogen-bond acceptors (Lipinski definition) is 5. The number of H-pyrrole nitrogens is 1.